The molecule has 0 aromatic heterocycles. The first kappa shape index (κ1) is 15.1. The molecule has 1 aliphatic rings. The molecule has 3 nitrogen and oxygen atoms in total. The van der Waals surface area contributed by atoms with E-state index in [0.29, 0.717) is 23.8 Å². The third kappa shape index (κ3) is 2.89. The quantitative estimate of drug-likeness (QED) is 0.881. The van der Waals surface area contributed by atoms with Crippen molar-refractivity contribution in [1.82, 2.24) is 5.32 Å². The predicted octanol–water partition coefficient (Wildman–Crippen LogP) is 4.39. The molecule has 22 heavy (non-hydrogen) atoms. The second-order valence-electron chi connectivity index (χ2n) is 4.94. The minimum Gasteiger partial charge on any atom is -0.493 e. The number of halogens is 3. The molecular formula is C16H12Cl2FNO2. The lowest BCUT2D eigenvalue weighted by Gasteiger charge is -2.27. The average molecular weight is 340 g/mol. The van der Waals surface area contributed by atoms with Gasteiger partial charge in [-0.1, -0.05) is 29.3 Å². The highest BCUT2D eigenvalue weighted by molar-refractivity contribution is 6.33. The van der Waals surface area contributed by atoms with Crippen LogP contribution in [0.4, 0.5) is 4.39 Å². The fraction of sp³-hybridized carbons (Fsp3) is 0.188. The summed E-state index contributed by atoms with van der Waals surface area (Å²) in [6.45, 7) is 0.463. The van der Waals surface area contributed by atoms with Crippen LogP contribution in [-0.4, -0.2) is 12.5 Å². The first-order valence-corrected chi connectivity index (χ1v) is 7.49. The lowest BCUT2D eigenvalue weighted by Crippen LogP contribution is -2.32. The first-order chi connectivity index (χ1) is 10.6. The van der Waals surface area contributed by atoms with Gasteiger partial charge < -0.3 is 10.1 Å². The van der Waals surface area contributed by atoms with E-state index in [1.165, 1.54) is 18.2 Å². The minimum absolute atomic E-state index is 0.0795. The Kier molecular flexibility index (Phi) is 4.23. The van der Waals surface area contributed by atoms with Crippen molar-refractivity contribution in [3.05, 3.63) is 63.4 Å². The van der Waals surface area contributed by atoms with Gasteiger partial charge in [-0.15, -0.1) is 0 Å². The number of fused-ring (bicyclic) bond motifs is 1. The van der Waals surface area contributed by atoms with Gasteiger partial charge in [0.15, 0.2) is 0 Å². The molecule has 1 aliphatic heterocycles. The van der Waals surface area contributed by atoms with E-state index in [1.54, 1.807) is 18.2 Å². The molecule has 0 aliphatic carbocycles. The third-order valence-corrected chi connectivity index (χ3v) is 4.06. The van der Waals surface area contributed by atoms with Crippen LogP contribution in [0, 0.1) is 5.82 Å². The van der Waals surface area contributed by atoms with Crippen LogP contribution >= 0.6 is 23.2 Å². The molecule has 1 amide bonds. The molecule has 1 N–H and O–H groups in total. The van der Waals surface area contributed by atoms with E-state index >= 15 is 0 Å². The zero-order valence-electron chi connectivity index (χ0n) is 11.4. The molecule has 6 heteroatoms. The largest absolute Gasteiger partial charge is 0.493 e. The highest BCUT2D eigenvalue weighted by Crippen LogP contribution is 2.34. The molecule has 0 bridgehead atoms. The van der Waals surface area contributed by atoms with Gasteiger partial charge in [0.25, 0.3) is 5.91 Å². The van der Waals surface area contributed by atoms with Crippen molar-refractivity contribution in [2.45, 2.75) is 12.5 Å². The van der Waals surface area contributed by atoms with Crippen molar-refractivity contribution in [1.29, 1.82) is 0 Å². The van der Waals surface area contributed by atoms with Crippen LogP contribution in [0.5, 0.6) is 5.75 Å². The van der Waals surface area contributed by atoms with Crippen LogP contribution in [0.15, 0.2) is 36.4 Å². The van der Waals surface area contributed by atoms with E-state index in [0.717, 1.165) is 5.56 Å². The summed E-state index contributed by atoms with van der Waals surface area (Å²) in [5.74, 6) is -0.537. The number of amides is 1. The summed E-state index contributed by atoms with van der Waals surface area (Å²) < 4.78 is 19.4. The number of hydrogen-bond donors (Lipinski definition) is 1. The SMILES string of the molecule is O=C(NC1CCOc2ccc(Cl)cc21)c1c(F)cccc1Cl. The predicted molar refractivity (Wildman–Crippen MR) is 83.2 cm³/mol. The molecule has 1 atom stereocenters. The van der Waals surface area contributed by atoms with Crippen molar-refractivity contribution in [2.75, 3.05) is 6.61 Å². The van der Waals surface area contributed by atoms with E-state index in [4.69, 9.17) is 27.9 Å². The molecule has 0 radical (unpaired) electrons. The summed E-state index contributed by atoms with van der Waals surface area (Å²) in [5.41, 5.74) is 0.624. The van der Waals surface area contributed by atoms with Gasteiger partial charge >= 0.3 is 0 Å². The van der Waals surface area contributed by atoms with Crippen molar-refractivity contribution in [3.63, 3.8) is 0 Å². The second-order valence-corrected chi connectivity index (χ2v) is 5.79. The summed E-state index contributed by atoms with van der Waals surface area (Å²) >= 11 is 11.9. The highest BCUT2D eigenvalue weighted by Gasteiger charge is 2.25. The lowest BCUT2D eigenvalue weighted by atomic mass is 10.00. The molecular weight excluding hydrogens is 328 g/mol. The Labute approximate surface area is 137 Å². The van der Waals surface area contributed by atoms with Gasteiger partial charge in [0.2, 0.25) is 0 Å². The van der Waals surface area contributed by atoms with Gasteiger partial charge in [-0.3, -0.25) is 4.79 Å². The zero-order valence-corrected chi connectivity index (χ0v) is 12.9. The van der Waals surface area contributed by atoms with Crippen molar-refractivity contribution in [2.24, 2.45) is 0 Å². The molecule has 1 heterocycles. The molecule has 3 rings (SSSR count). The van der Waals surface area contributed by atoms with Crippen LogP contribution in [0.2, 0.25) is 10.0 Å². The van der Waals surface area contributed by atoms with Crippen LogP contribution in [0.3, 0.4) is 0 Å². The standard InChI is InChI=1S/C16H12Cl2FNO2/c17-9-4-5-14-10(8-9)13(6-7-22-14)20-16(21)15-11(18)2-1-3-12(15)19/h1-5,8,13H,6-7H2,(H,20,21). The number of hydrogen-bond acceptors (Lipinski definition) is 2. The monoisotopic (exact) mass is 339 g/mol. The van der Waals surface area contributed by atoms with Crippen LogP contribution in [0.25, 0.3) is 0 Å². The van der Waals surface area contributed by atoms with E-state index in [9.17, 15) is 9.18 Å². The lowest BCUT2D eigenvalue weighted by molar-refractivity contribution is 0.0921. The normalized spacial score (nSPS) is 16.6. The van der Waals surface area contributed by atoms with E-state index in [1.807, 2.05) is 0 Å². The molecule has 0 spiro atoms. The summed E-state index contributed by atoms with van der Waals surface area (Å²) in [4.78, 5) is 12.3. The van der Waals surface area contributed by atoms with Crippen molar-refractivity contribution < 1.29 is 13.9 Å². The Morgan fingerprint density at radius 2 is 2.09 bits per heavy atom. The Hall–Kier alpha value is -1.78. The Balaban J connectivity index is 1.89. The number of benzene rings is 2. The van der Waals surface area contributed by atoms with Crippen LogP contribution in [-0.2, 0) is 0 Å². The smallest absolute Gasteiger partial charge is 0.256 e. The molecule has 1 unspecified atom stereocenters. The van der Waals surface area contributed by atoms with Crippen molar-refractivity contribution >= 4 is 29.1 Å². The maximum Gasteiger partial charge on any atom is 0.256 e. The van der Waals surface area contributed by atoms with Gasteiger partial charge in [0, 0.05) is 17.0 Å². The molecule has 0 fully saturated rings. The molecule has 2 aromatic carbocycles. The Morgan fingerprint density at radius 1 is 1.27 bits per heavy atom. The van der Waals surface area contributed by atoms with E-state index < -0.39 is 11.7 Å². The highest BCUT2D eigenvalue weighted by atomic mass is 35.5. The Bertz CT molecular complexity index is 716. The Morgan fingerprint density at radius 3 is 2.86 bits per heavy atom. The summed E-state index contributed by atoms with van der Waals surface area (Å²) in [6, 6.07) is 9.06. The number of nitrogens with one attached hydrogen (secondary N) is 1. The molecule has 0 saturated carbocycles. The van der Waals surface area contributed by atoms with Gasteiger partial charge in [-0.2, -0.15) is 0 Å². The molecule has 0 saturated heterocycles. The zero-order chi connectivity index (χ0) is 15.7. The fourth-order valence-corrected chi connectivity index (χ4v) is 2.89. The summed E-state index contributed by atoms with van der Waals surface area (Å²) in [7, 11) is 0. The van der Waals surface area contributed by atoms with Gasteiger partial charge in [-0.05, 0) is 30.3 Å². The van der Waals surface area contributed by atoms with Crippen molar-refractivity contribution in [3.8, 4) is 5.75 Å². The van der Waals surface area contributed by atoms with Gasteiger partial charge in [0.05, 0.1) is 23.2 Å². The molecule has 114 valence electrons. The maximum absolute atomic E-state index is 13.8. The number of carbonyl (C=O) groups excluding carboxylic acids is 1. The topological polar surface area (TPSA) is 38.3 Å². The van der Waals surface area contributed by atoms with Crippen LogP contribution in [0.1, 0.15) is 28.4 Å². The average Bonchev–Trinajstić information content (AvgIpc) is 2.47. The summed E-state index contributed by atoms with van der Waals surface area (Å²) in [6.07, 6.45) is 0.575. The number of carbonyl (C=O) groups is 1. The summed E-state index contributed by atoms with van der Waals surface area (Å²) in [5, 5.41) is 3.43. The second kappa shape index (κ2) is 6.15. The van der Waals surface area contributed by atoms with E-state index in [2.05, 4.69) is 5.32 Å². The van der Waals surface area contributed by atoms with Gasteiger partial charge in [0.1, 0.15) is 11.6 Å². The first-order valence-electron chi connectivity index (χ1n) is 6.73. The third-order valence-electron chi connectivity index (χ3n) is 3.51. The maximum atomic E-state index is 13.8. The van der Waals surface area contributed by atoms with Gasteiger partial charge in [-0.25, -0.2) is 4.39 Å². The number of rotatable bonds is 2. The minimum atomic E-state index is -0.650. The van der Waals surface area contributed by atoms with E-state index in [-0.39, 0.29) is 16.6 Å². The van der Waals surface area contributed by atoms with Crippen LogP contribution < -0.4 is 10.1 Å². The fourth-order valence-electron chi connectivity index (χ4n) is 2.46. The molecule has 2 aromatic rings. The number of ether oxygens (including phenoxy) is 1.